The van der Waals surface area contributed by atoms with E-state index in [2.05, 4.69) is 70.1 Å². The monoisotopic (exact) mass is 335 g/mol. The Labute approximate surface area is 127 Å². The minimum atomic E-state index is 0.354. The molecule has 2 aromatic rings. The summed E-state index contributed by atoms with van der Waals surface area (Å²) < 4.78 is 1.20. The van der Waals surface area contributed by atoms with E-state index < -0.39 is 0 Å². The largest absolute Gasteiger partial charge is 0.316 e. The van der Waals surface area contributed by atoms with Gasteiger partial charge in [0.1, 0.15) is 0 Å². The maximum absolute atomic E-state index is 3.55. The number of benzene rings is 1. The average molecular weight is 336 g/mol. The highest BCUT2D eigenvalue weighted by molar-refractivity contribution is 9.10. The zero-order valence-electron chi connectivity index (χ0n) is 11.0. The van der Waals surface area contributed by atoms with Gasteiger partial charge in [-0.2, -0.15) is 0 Å². The standard InChI is InChI=1S/C16H18BrNS/c1-18-15(10-14-9-13(17)11-19-14)16(7-8-16)12-5-3-2-4-6-12/h2-6,9,11,15,18H,7-8,10H2,1H3. The van der Waals surface area contributed by atoms with Crippen molar-refractivity contribution in [1.82, 2.24) is 5.32 Å². The SMILES string of the molecule is CNC(Cc1cc(Br)cs1)C1(c2ccccc2)CC1. The lowest BCUT2D eigenvalue weighted by Gasteiger charge is -2.27. The first-order chi connectivity index (χ1) is 9.24. The molecular weight excluding hydrogens is 318 g/mol. The molecule has 3 heteroatoms. The summed E-state index contributed by atoms with van der Waals surface area (Å²) in [6, 6.07) is 13.7. The zero-order valence-corrected chi connectivity index (χ0v) is 13.4. The van der Waals surface area contributed by atoms with Crippen molar-refractivity contribution in [3.05, 3.63) is 56.7 Å². The fraction of sp³-hybridized carbons (Fsp3) is 0.375. The van der Waals surface area contributed by atoms with Crippen LogP contribution in [0.15, 0.2) is 46.3 Å². The van der Waals surface area contributed by atoms with Crippen molar-refractivity contribution in [3.63, 3.8) is 0 Å². The van der Waals surface area contributed by atoms with Crippen LogP contribution in [0.5, 0.6) is 0 Å². The predicted molar refractivity (Wildman–Crippen MR) is 85.9 cm³/mol. The predicted octanol–water partition coefficient (Wildman–Crippen LogP) is 4.37. The molecule has 0 bridgehead atoms. The zero-order chi connectivity index (χ0) is 13.3. The Balaban J connectivity index is 1.82. The van der Waals surface area contributed by atoms with Crippen LogP contribution in [0.4, 0.5) is 0 Å². The average Bonchev–Trinajstić information content (AvgIpc) is 3.15. The summed E-state index contributed by atoms with van der Waals surface area (Å²) in [6.07, 6.45) is 3.71. The van der Waals surface area contributed by atoms with E-state index >= 15 is 0 Å². The molecule has 1 aliphatic rings. The Morgan fingerprint density at radius 2 is 2.05 bits per heavy atom. The lowest BCUT2D eigenvalue weighted by Crippen LogP contribution is -2.39. The smallest absolute Gasteiger partial charge is 0.0285 e. The molecule has 3 rings (SSSR count). The van der Waals surface area contributed by atoms with Gasteiger partial charge in [0.25, 0.3) is 0 Å². The van der Waals surface area contributed by atoms with Gasteiger partial charge >= 0.3 is 0 Å². The van der Waals surface area contributed by atoms with Gasteiger partial charge in [0.2, 0.25) is 0 Å². The molecule has 1 aliphatic carbocycles. The molecule has 1 heterocycles. The summed E-state index contributed by atoms with van der Waals surface area (Å²) in [5.41, 5.74) is 1.84. The van der Waals surface area contributed by atoms with Gasteiger partial charge in [-0.25, -0.2) is 0 Å². The Bertz CT molecular complexity index is 545. The molecule has 1 N–H and O–H groups in total. The highest BCUT2D eigenvalue weighted by Gasteiger charge is 2.49. The first kappa shape index (κ1) is 13.3. The van der Waals surface area contributed by atoms with Crippen molar-refractivity contribution >= 4 is 27.3 Å². The summed E-state index contributed by atoms with van der Waals surface area (Å²) in [5, 5.41) is 5.72. The molecule has 19 heavy (non-hydrogen) atoms. The number of hydrogen-bond donors (Lipinski definition) is 1. The lowest BCUT2D eigenvalue weighted by atomic mass is 9.86. The van der Waals surface area contributed by atoms with Crippen molar-refractivity contribution in [2.45, 2.75) is 30.7 Å². The van der Waals surface area contributed by atoms with Gasteiger partial charge in [-0.15, -0.1) is 11.3 Å². The van der Waals surface area contributed by atoms with Crippen molar-refractivity contribution < 1.29 is 0 Å². The second kappa shape index (κ2) is 5.39. The summed E-state index contributed by atoms with van der Waals surface area (Å²) in [4.78, 5) is 1.45. The maximum atomic E-state index is 3.55. The van der Waals surface area contributed by atoms with Crippen molar-refractivity contribution in [2.24, 2.45) is 0 Å². The number of hydrogen-bond acceptors (Lipinski definition) is 2. The van der Waals surface area contributed by atoms with E-state index in [1.807, 2.05) is 11.3 Å². The number of nitrogens with one attached hydrogen (secondary N) is 1. The molecule has 1 atom stereocenters. The van der Waals surface area contributed by atoms with E-state index in [4.69, 9.17) is 0 Å². The first-order valence-corrected chi connectivity index (χ1v) is 8.37. The van der Waals surface area contributed by atoms with E-state index in [0.717, 1.165) is 6.42 Å². The van der Waals surface area contributed by atoms with Crippen LogP contribution in [-0.2, 0) is 11.8 Å². The van der Waals surface area contributed by atoms with Gasteiger partial charge in [-0.3, -0.25) is 0 Å². The molecule has 0 spiro atoms. The molecule has 0 saturated heterocycles. The second-order valence-corrected chi connectivity index (χ2v) is 7.21. The van der Waals surface area contributed by atoms with E-state index in [1.54, 1.807) is 0 Å². The van der Waals surface area contributed by atoms with Gasteiger partial charge in [-0.05, 0) is 53.9 Å². The van der Waals surface area contributed by atoms with Gasteiger partial charge in [0.05, 0.1) is 0 Å². The molecule has 1 saturated carbocycles. The van der Waals surface area contributed by atoms with Crippen LogP contribution >= 0.6 is 27.3 Å². The Morgan fingerprint density at radius 3 is 2.58 bits per heavy atom. The van der Waals surface area contributed by atoms with Gasteiger partial charge in [0, 0.05) is 26.2 Å². The van der Waals surface area contributed by atoms with Gasteiger partial charge in [-0.1, -0.05) is 30.3 Å². The van der Waals surface area contributed by atoms with E-state index in [1.165, 1.54) is 27.8 Å². The van der Waals surface area contributed by atoms with Crippen molar-refractivity contribution in [1.29, 1.82) is 0 Å². The molecule has 1 aromatic carbocycles. The Kier molecular flexibility index (Phi) is 3.79. The van der Waals surface area contributed by atoms with Gasteiger partial charge in [0.15, 0.2) is 0 Å². The summed E-state index contributed by atoms with van der Waals surface area (Å²) in [6.45, 7) is 0. The Morgan fingerprint density at radius 1 is 1.32 bits per heavy atom. The Hall–Kier alpha value is -0.640. The molecular formula is C16H18BrNS. The fourth-order valence-electron chi connectivity index (χ4n) is 2.98. The third kappa shape index (κ3) is 2.64. The molecule has 1 aromatic heterocycles. The van der Waals surface area contributed by atoms with Crippen LogP contribution in [0.2, 0.25) is 0 Å². The quantitative estimate of drug-likeness (QED) is 0.855. The van der Waals surface area contributed by atoms with Crippen LogP contribution in [-0.4, -0.2) is 13.1 Å². The van der Waals surface area contributed by atoms with Crippen LogP contribution in [0.1, 0.15) is 23.3 Å². The fourth-order valence-corrected chi connectivity index (χ4v) is 4.48. The first-order valence-electron chi connectivity index (χ1n) is 6.70. The number of thiophene rings is 1. The topological polar surface area (TPSA) is 12.0 Å². The lowest BCUT2D eigenvalue weighted by molar-refractivity contribution is 0.445. The van der Waals surface area contributed by atoms with Crippen LogP contribution < -0.4 is 5.32 Å². The molecule has 1 unspecified atom stereocenters. The molecule has 1 fully saturated rings. The molecule has 0 radical (unpaired) electrons. The summed E-state index contributed by atoms with van der Waals surface area (Å²) >= 11 is 5.39. The second-order valence-electron chi connectivity index (χ2n) is 5.30. The third-order valence-electron chi connectivity index (χ3n) is 4.18. The van der Waals surface area contributed by atoms with E-state index in [-0.39, 0.29) is 0 Å². The number of rotatable bonds is 5. The minimum absolute atomic E-state index is 0.354. The molecule has 100 valence electrons. The highest BCUT2D eigenvalue weighted by atomic mass is 79.9. The number of likely N-dealkylation sites (N-methyl/N-ethyl adjacent to an activating group) is 1. The van der Waals surface area contributed by atoms with E-state index in [9.17, 15) is 0 Å². The van der Waals surface area contributed by atoms with Gasteiger partial charge < -0.3 is 5.32 Å². The molecule has 0 aliphatic heterocycles. The van der Waals surface area contributed by atoms with Crippen LogP contribution in [0, 0.1) is 0 Å². The summed E-state index contributed by atoms with van der Waals surface area (Å²) in [7, 11) is 2.09. The molecule has 0 amide bonds. The van der Waals surface area contributed by atoms with E-state index in [0.29, 0.717) is 11.5 Å². The summed E-state index contributed by atoms with van der Waals surface area (Å²) in [5.74, 6) is 0. The van der Waals surface area contributed by atoms with Crippen molar-refractivity contribution in [3.8, 4) is 0 Å². The highest BCUT2D eigenvalue weighted by Crippen LogP contribution is 2.51. The third-order valence-corrected chi connectivity index (χ3v) is 5.90. The minimum Gasteiger partial charge on any atom is -0.316 e. The van der Waals surface area contributed by atoms with Crippen LogP contribution in [0.3, 0.4) is 0 Å². The van der Waals surface area contributed by atoms with Crippen LogP contribution in [0.25, 0.3) is 0 Å². The molecule has 1 nitrogen and oxygen atoms in total. The van der Waals surface area contributed by atoms with Crippen molar-refractivity contribution in [2.75, 3.05) is 7.05 Å². The maximum Gasteiger partial charge on any atom is 0.0285 e. The number of halogens is 1. The normalized spacial score (nSPS) is 18.2.